The molecule has 1 N–H and O–H groups in total. The highest BCUT2D eigenvalue weighted by Crippen LogP contribution is 2.35. The molecule has 3 aromatic rings. The fourth-order valence-corrected chi connectivity index (χ4v) is 6.11. The van der Waals surface area contributed by atoms with Crippen LogP contribution >= 0.6 is 34.5 Å². The normalized spacial score (nSPS) is 18.6. The number of hydrogen-bond donors (Lipinski definition) is 1. The third-order valence-electron chi connectivity index (χ3n) is 6.72. The van der Waals surface area contributed by atoms with Crippen LogP contribution in [-0.4, -0.2) is 28.3 Å². The van der Waals surface area contributed by atoms with Crippen LogP contribution < -0.4 is 5.32 Å². The highest BCUT2D eigenvalue weighted by molar-refractivity contribution is 7.10. The molecule has 1 amide bonds. The third kappa shape index (κ3) is 4.82. The van der Waals surface area contributed by atoms with Crippen LogP contribution in [0.1, 0.15) is 65.7 Å². The Bertz CT molecular complexity index is 1210. The van der Waals surface area contributed by atoms with Crippen LogP contribution in [0.3, 0.4) is 0 Å². The standard InChI is InChI=1S/C26H27Cl2N3O2S/c1-16(17-6-3-2-4-7-17)29-26(32)24-21-15-33-14-18(12-20-8-5-11-34-20)25(21)31(30-24)23-10-9-19(27)13-22(23)28/h5,8-13,16-17H,2-4,6-7,14-15H2,1H3,(H,29,32)/b18-12+/t16-/m1/s1. The second-order valence-corrected chi connectivity index (χ2v) is 10.8. The van der Waals surface area contributed by atoms with E-state index in [-0.39, 0.29) is 11.9 Å². The third-order valence-corrected chi connectivity index (χ3v) is 8.08. The number of carbonyl (C=O) groups is 1. The first-order valence-electron chi connectivity index (χ1n) is 11.7. The number of rotatable bonds is 5. The fourth-order valence-electron chi connectivity index (χ4n) is 4.94. The molecule has 3 heterocycles. The zero-order valence-corrected chi connectivity index (χ0v) is 21.3. The van der Waals surface area contributed by atoms with Crippen molar-refractivity contribution in [1.82, 2.24) is 15.1 Å². The molecule has 1 aliphatic heterocycles. The van der Waals surface area contributed by atoms with Gasteiger partial charge in [-0.1, -0.05) is 48.5 Å². The van der Waals surface area contributed by atoms with Crippen molar-refractivity contribution < 1.29 is 9.53 Å². The van der Waals surface area contributed by atoms with Gasteiger partial charge in [0.1, 0.15) is 0 Å². The van der Waals surface area contributed by atoms with Crippen molar-refractivity contribution in [2.75, 3.05) is 6.61 Å². The Morgan fingerprint density at radius 3 is 2.79 bits per heavy atom. The Hall–Kier alpha value is -2.12. The fraction of sp³-hybridized carbons (Fsp3) is 0.385. The van der Waals surface area contributed by atoms with Gasteiger partial charge in [-0.05, 0) is 61.4 Å². The Kier molecular flexibility index (Phi) is 7.11. The number of aromatic nitrogens is 2. The lowest BCUT2D eigenvalue weighted by molar-refractivity contribution is 0.0906. The lowest BCUT2D eigenvalue weighted by atomic mass is 9.84. The van der Waals surface area contributed by atoms with Gasteiger partial charge >= 0.3 is 0 Å². The van der Waals surface area contributed by atoms with E-state index in [4.69, 9.17) is 33.0 Å². The molecule has 0 bridgehead atoms. The molecule has 1 aromatic carbocycles. The zero-order chi connectivity index (χ0) is 23.7. The van der Waals surface area contributed by atoms with Crippen LogP contribution in [-0.2, 0) is 11.3 Å². The second kappa shape index (κ2) is 10.2. The zero-order valence-electron chi connectivity index (χ0n) is 19.0. The highest BCUT2D eigenvalue weighted by atomic mass is 35.5. The first kappa shape index (κ1) is 23.6. The van der Waals surface area contributed by atoms with Gasteiger partial charge in [0.2, 0.25) is 0 Å². The van der Waals surface area contributed by atoms with Crippen molar-refractivity contribution in [2.45, 2.75) is 51.7 Å². The molecule has 2 aromatic heterocycles. The highest BCUT2D eigenvalue weighted by Gasteiger charge is 2.31. The number of fused-ring (bicyclic) bond motifs is 1. The molecule has 0 spiro atoms. The van der Waals surface area contributed by atoms with Crippen molar-refractivity contribution in [3.05, 3.63) is 67.6 Å². The van der Waals surface area contributed by atoms with Gasteiger partial charge in [0.05, 0.1) is 29.6 Å². The Morgan fingerprint density at radius 1 is 1.24 bits per heavy atom. The number of benzene rings is 1. The predicted molar refractivity (Wildman–Crippen MR) is 139 cm³/mol. The molecule has 0 saturated heterocycles. The minimum atomic E-state index is -0.167. The van der Waals surface area contributed by atoms with Crippen molar-refractivity contribution in [3.8, 4) is 5.69 Å². The average molecular weight is 516 g/mol. The summed E-state index contributed by atoms with van der Waals surface area (Å²) in [4.78, 5) is 14.6. The maximum absolute atomic E-state index is 13.5. The van der Waals surface area contributed by atoms with Gasteiger partial charge in [-0.15, -0.1) is 11.3 Å². The van der Waals surface area contributed by atoms with Crippen LogP contribution in [0.5, 0.6) is 0 Å². The summed E-state index contributed by atoms with van der Waals surface area (Å²) < 4.78 is 7.69. The van der Waals surface area contributed by atoms with Gasteiger partial charge in [0, 0.05) is 27.1 Å². The molecular weight excluding hydrogens is 489 g/mol. The minimum absolute atomic E-state index is 0.0957. The summed E-state index contributed by atoms with van der Waals surface area (Å²) in [6.45, 7) is 2.86. The van der Waals surface area contributed by atoms with E-state index in [1.807, 2.05) is 17.5 Å². The predicted octanol–water partition coefficient (Wildman–Crippen LogP) is 7.01. The van der Waals surface area contributed by atoms with Crippen LogP contribution in [0.15, 0.2) is 35.7 Å². The van der Waals surface area contributed by atoms with Crippen LogP contribution in [0, 0.1) is 5.92 Å². The second-order valence-electron chi connectivity index (χ2n) is 9.02. The van der Waals surface area contributed by atoms with Gasteiger partial charge in [-0.25, -0.2) is 4.68 Å². The molecule has 34 heavy (non-hydrogen) atoms. The first-order valence-corrected chi connectivity index (χ1v) is 13.3. The van der Waals surface area contributed by atoms with E-state index in [0.29, 0.717) is 40.6 Å². The summed E-state index contributed by atoms with van der Waals surface area (Å²) in [5.41, 5.74) is 3.68. The molecule has 0 radical (unpaired) electrons. The number of ether oxygens (including phenoxy) is 1. The van der Waals surface area contributed by atoms with E-state index in [1.54, 1.807) is 28.2 Å². The van der Waals surface area contributed by atoms with Crippen LogP contribution in [0.2, 0.25) is 10.0 Å². The number of halogens is 2. The Labute approximate surface area is 213 Å². The first-order chi connectivity index (χ1) is 16.5. The molecule has 0 unspecified atom stereocenters. The summed E-state index contributed by atoms with van der Waals surface area (Å²) in [6, 6.07) is 9.48. The monoisotopic (exact) mass is 515 g/mol. The van der Waals surface area contributed by atoms with Crippen molar-refractivity contribution in [3.63, 3.8) is 0 Å². The minimum Gasteiger partial charge on any atom is -0.372 e. The topological polar surface area (TPSA) is 56.2 Å². The van der Waals surface area contributed by atoms with E-state index in [2.05, 4.69) is 24.4 Å². The van der Waals surface area contributed by atoms with Gasteiger partial charge in [0.25, 0.3) is 5.91 Å². The SMILES string of the molecule is C[C@@H](NC(=O)c1nn(-c2ccc(Cl)cc2Cl)c2c1COC/C2=C\c1cccs1)C1CCCCC1. The van der Waals surface area contributed by atoms with E-state index < -0.39 is 0 Å². The number of hydrogen-bond acceptors (Lipinski definition) is 4. The molecular formula is C26H27Cl2N3O2S. The van der Waals surface area contributed by atoms with Gasteiger partial charge in [0.15, 0.2) is 5.69 Å². The maximum atomic E-state index is 13.5. The summed E-state index contributed by atoms with van der Waals surface area (Å²) in [5, 5.41) is 11.1. The van der Waals surface area contributed by atoms with Crippen molar-refractivity contribution in [1.29, 1.82) is 0 Å². The van der Waals surface area contributed by atoms with E-state index in [0.717, 1.165) is 34.5 Å². The molecule has 178 valence electrons. The Morgan fingerprint density at radius 2 is 2.06 bits per heavy atom. The van der Waals surface area contributed by atoms with E-state index in [1.165, 1.54) is 19.3 Å². The van der Waals surface area contributed by atoms with Gasteiger partial charge in [-0.2, -0.15) is 5.10 Å². The molecule has 5 nitrogen and oxygen atoms in total. The van der Waals surface area contributed by atoms with Crippen molar-refractivity contribution >= 4 is 52.1 Å². The average Bonchev–Trinajstić information content (AvgIpc) is 3.48. The maximum Gasteiger partial charge on any atom is 0.272 e. The number of nitrogens with one attached hydrogen (secondary N) is 1. The Balaban J connectivity index is 1.57. The number of carbonyl (C=O) groups excluding carboxylic acids is 1. The molecule has 1 aliphatic carbocycles. The van der Waals surface area contributed by atoms with Crippen LogP contribution in [0.4, 0.5) is 0 Å². The quantitative estimate of drug-likeness (QED) is 0.397. The lowest BCUT2D eigenvalue weighted by Gasteiger charge is -2.28. The van der Waals surface area contributed by atoms with Crippen LogP contribution in [0.25, 0.3) is 17.3 Å². The van der Waals surface area contributed by atoms with Gasteiger partial charge < -0.3 is 10.1 Å². The number of nitrogens with zero attached hydrogens (tertiary/aromatic N) is 2. The summed E-state index contributed by atoms with van der Waals surface area (Å²) in [6.07, 6.45) is 8.16. The summed E-state index contributed by atoms with van der Waals surface area (Å²) in [7, 11) is 0. The smallest absolute Gasteiger partial charge is 0.272 e. The molecule has 1 atom stereocenters. The van der Waals surface area contributed by atoms with Gasteiger partial charge in [-0.3, -0.25) is 4.79 Å². The lowest BCUT2D eigenvalue weighted by Crippen LogP contribution is -2.39. The van der Waals surface area contributed by atoms with Crippen molar-refractivity contribution in [2.24, 2.45) is 5.92 Å². The molecule has 1 saturated carbocycles. The number of amides is 1. The largest absolute Gasteiger partial charge is 0.372 e. The molecule has 8 heteroatoms. The molecule has 1 fully saturated rings. The molecule has 2 aliphatic rings. The van der Waals surface area contributed by atoms with E-state index in [9.17, 15) is 4.79 Å². The summed E-state index contributed by atoms with van der Waals surface area (Å²) >= 11 is 14.4. The van der Waals surface area contributed by atoms with E-state index >= 15 is 0 Å². The number of thiophene rings is 1. The summed E-state index contributed by atoms with van der Waals surface area (Å²) in [5.74, 6) is 0.339. The molecule has 5 rings (SSSR count).